The van der Waals surface area contributed by atoms with E-state index in [4.69, 9.17) is 0 Å². The molecular weight excluding hydrogens is 356 g/mol. The number of aromatic nitrogens is 3. The van der Waals surface area contributed by atoms with Crippen LogP contribution in [0.15, 0.2) is 34.4 Å². The largest absolute Gasteiger partial charge is 0.349 e. The molecule has 1 aromatic carbocycles. The number of hydrogen-bond donors (Lipinski definition) is 1. The zero-order chi connectivity index (χ0) is 17.8. The zero-order valence-electron chi connectivity index (χ0n) is 14.0. The third-order valence-electron chi connectivity index (χ3n) is 3.68. The summed E-state index contributed by atoms with van der Waals surface area (Å²) in [6.07, 6.45) is 2.03. The first-order valence-corrected chi connectivity index (χ1v) is 10.0. The quantitative estimate of drug-likeness (QED) is 0.717. The van der Waals surface area contributed by atoms with Crippen LogP contribution in [-0.2, 0) is 23.6 Å². The first-order valence-electron chi connectivity index (χ1n) is 7.74. The van der Waals surface area contributed by atoms with Crippen molar-refractivity contribution in [2.24, 2.45) is 0 Å². The lowest BCUT2D eigenvalue weighted by Gasteiger charge is -2.08. The molecule has 130 valence electrons. The molecule has 0 saturated carbocycles. The summed E-state index contributed by atoms with van der Waals surface area (Å²) >= 11 is 3.30. The zero-order valence-corrected chi connectivity index (χ0v) is 15.6. The number of aryl methyl sites for hydroxylation is 1. The van der Waals surface area contributed by atoms with Crippen LogP contribution in [0.4, 0.5) is 0 Å². The highest BCUT2D eigenvalue weighted by Crippen LogP contribution is 2.15. The van der Waals surface area contributed by atoms with Crippen molar-refractivity contribution in [2.45, 2.75) is 25.8 Å². The SMILES string of the molecule is CSCc1nc(CNC(=O)Cn2nc(C)c3ccccc3c2=O)cs1. The van der Waals surface area contributed by atoms with Gasteiger partial charge in [0.15, 0.2) is 0 Å². The van der Waals surface area contributed by atoms with Crippen LogP contribution < -0.4 is 10.9 Å². The Balaban J connectivity index is 1.69. The van der Waals surface area contributed by atoms with Gasteiger partial charge in [-0.25, -0.2) is 9.67 Å². The van der Waals surface area contributed by atoms with Gasteiger partial charge >= 0.3 is 0 Å². The highest BCUT2D eigenvalue weighted by atomic mass is 32.2. The molecule has 2 heterocycles. The van der Waals surface area contributed by atoms with Crippen LogP contribution in [0.3, 0.4) is 0 Å². The second-order valence-electron chi connectivity index (χ2n) is 5.54. The van der Waals surface area contributed by atoms with Crippen molar-refractivity contribution in [2.75, 3.05) is 6.26 Å². The van der Waals surface area contributed by atoms with E-state index < -0.39 is 0 Å². The molecule has 0 atom stereocenters. The average molecular weight is 374 g/mol. The number of thiazole rings is 1. The number of nitrogens with zero attached hydrogens (tertiary/aromatic N) is 3. The molecule has 0 aliphatic carbocycles. The van der Waals surface area contributed by atoms with Crippen molar-refractivity contribution in [1.82, 2.24) is 20.1 Å². The molecule has 1 amide bonds. The van der Waals surface area contributed by atoms with E-state index in [1.54, 1.807) is 29.2 Å². The third-order valence-corrected chi connectivity index (χ3v) is 5.32. The number of nitrogens with one attached hydrogen (secondary N) is 1. The molecule has 3 rings (SSSR count). The molecule has 0 spiro atoms. The van der Waals surface area contributed by atoms with Crippen molar-refractivity contribution >= 4 is 39.8 Å². The summed E-state index contributed by atoms with van der Waals surface area (Å²) < 4.78 is 1.22. The third kappa shape index (κ3) is 4.08. The minimum atomic E-state index is -0.260. The number of carbonyl (C=O) groups is 1. The first-order chi connectivity index (χ1) is 12.1. The number of rotatable bonds is 6. The van der Waals surface area contributed by atoms with Gasteiger partial charge in [0.25, 0.3) is 5.56 Å². The second kappa shape index (κ2) is 7.79. The molecule has 6 nitrogen and oxygen atoms in total. The molecule has 0 bridgehead atoms. The van der Waals surface area contributed by atoms with Gasteiger partial charge in [0.2, 0.25) is 5.91 Å². The summed E-state index contributed by atoms with van der Waals surface area (Å²) in [5, 5.41) is 11.4. The highest BCUT2D eigenvalue weighted by molar-refractivity contribution is 7.97. The lowest BCUT2D eigenvalue weighted by molar-refractivity contribution is -0.122. The van der Waals surface area contributed by atoms with Gasteiger partial charge in [0, 0.05) is 16.5 Å². The number of carbonyl (C=O) groups excluding carboxylic acids is 1. The molecule has 0 saturated heterocycles. The fraction of sp³-hybridized carbons (Fsp3) is 0.294. The molecule has 0 radical (unpaired) electrons. The molecule has 1 N–H and O–H groups in total. The van der Waals surface area contributed by atoms with E-state index in [-0.39, 0.29) is 18.0 Å². The van der Waals surface area contributed by atoms with E-state index >= 15 is 0 Å². The highest BCUT2D eigenvalue weighted by Gasteiger charge is 2.11. The van der Waals surface area contributed by atoms with Crippen LogP contribution in [-0.4, -0.2) is 26.9 Å². The Kier molecular flexibility index (Phi) is 5.50. The Morgan fingerprint density at radius 3 is 2.84 bits per heavy atom. The number of fused-ring (bicyclic) bond motifs is 1. The van der Waals surface area contributed by atoms with E-state index in [1.807, 2.05) is 36.8 Å². The summed E-state index contributed by atoms with van der Waals surface area (Å²) in [6, 6.07) is 7.29. The smallest absolute Gasteiger partial charge is 0.275 e. The van der Waals surface area contributed by atoms with Crippen LogP contribution >= 0.6 is 23.1 Å². The van der Waals surface area contributed by atoms with Gasteiger partial charge in [0.1, 0.15) is 11.6 Å². The molecule has 0 fully saturated rings. The Morgan fingerprint density at radius 2 is 2.08 bits per heavy atom. The van der Waals surface area contributed by atoms with Crippen LogP contribution in [0.5, 0.6) is 0 Å². The van der Waals surface area contributed by atoms with E-state index in [9.17, 15) is 9.59 Å². The summed E-state index contributed by atoms with van der Waals surface area (Å²) in [5.74, 6) is 0.609. The van der Waals surface area contributed by atoms with Gasteiger partial charge < -0.3 is 5.32 Å². The monoisotopic (exact) mass is 374 g/mol. The standard InChI is InChI=1S/C17H18N4O2S2/c1-11-13-5-3-4-6-14(13)17(23)21(20-11)8-15(22)18-7-12-9-25-16(19-12)10-24-2/h3-6,9H,7-8,10H2,1-2H3,(H,18,22). The van der Waals surface area contributed by atoms with Crippen LogP contribution in [0.2, 0.25) is 0 Å². The molecule has 3 aromatic rings. The summed E-state index contributed by atoms with van der Waals surface area (Å²) in [5.41, 5.74) is 1.30. The molecule has 0 unspecified atom stereocenters. The van der Waals surface area contributed by atoms with Gasteiger partial charge in [-0.2, -0.15) is 16.9 Å². The fourth-order valence-electron chi connectivity index (χ4n) is 2.51. The predicted octanol–water partition coefficient (Wildman–Crippen LogP) is 2.34. The van der Waals surface area contributed by atoms with Gasteiger partial charge in [-0.05, 0) is 19.2 Å². The van der Waals surface area contributed by atoms with Crippen molar-refractivity contribution < 1.29 is 4.79 Å². The summed E-state index contributed by atoms with van der Waals surface area (Å²) in [4.78, 5) is 29.1. The van der Waals surface area contributed by atoms with Crippen molar-refractivity contribution in [1.29, 1.82) is 0 Å². The molecule has 25 heavy (non-hydrogen) atoms. The Labute approximate surface area is 153 Å². The lowest BCUT2D eigenvalue weighted by Crippen LogP contribution is -2.33. The van der Waals surface area contributed by atoms with Crippen molar-refractivity contribution in [3.05, 3.63) is 56.4 Å². The van der Waals surface area contributed by atoms with Crippen LogP contribution in [0, 0.1) is 6.92 Å². The number of amides is 1. The van der Waals surface area contributed by atoms with E-state index in [1.165, 1.54) is 4.68 Å². The molecule has 0 aliphatic rings. The van der Waals surface area contributed by atoms with Gasteiger partial charge in [-0.15, -0.1) is 11.3 Å². The summed E-state index contributed by atoms with van der Waals surface area (Å²) in [6.45, 7) is 2.08. The predicted molar refractivity (Wildman–Crippen MR) is 102 cm³/mol. The van der Waals surface area contributed by atoms with E-state index in [0.717, 1.165) is 27.5 Å². The Morgan fingerprint density at radius 1 is 1.32 bits per heavy atom. The number of benzene rings is 1. The fourth-order valence-corrected chi connectivity index (χ4v) is 4.03. The Hall–Kier alpha value is -2.19. The van der Waals surface area contributed by atoms with Crippen molar-refractivity contribution in [3.8, 4) is 0 Å². The normalized spacial score (nSPS) is 11.0. The first kappa shape index (κ1) is 17.6. The van der Waals surface area contributed by atoms with Crippen LogP contribution in [0.25, 0.3) is 10.8 Å². The maximum atomic E-state index is 12.5. The van der Waals surface area contributed by atoms with E-state index in [0.29, 0.717) is 11.9 Å². The maximum absolute atomic E-state index is 12.5. The topological polar surface area (TPSA) is 76.9 Å². The molecule has 8 heteroatoms. The van der Waals surface area contributed by atoms with Crippen molar-refractivity contribution in [3.63, 3.8) is 0 Å². The van der Waals surface area contributed by atoms with Gasteiger partial charge in [-0.1, -0.05) is 18.2 Å². The molecule has 0 aliphatic heterocycles. The molecular formula is C17H18N4O2S2. The Bertz CT molecular complexity index is 965. The number of thioether (sulfide) groups is 1. The number of hydrogen-bond acceptors (Lipinski definition) is 6. The van der Waals surface area contributed by atoms with Gasteiger partial charge in [-0.3, -0.25) is 9.59 Å². The van der Waals surface area contributed by atoms with E-state index in [2.05, 4.69) is 15.4 Å². The minimum absolute atomic E-state index is 0.105. The molecule has 2 aromatic heterocycles. The lowest BCUT2D eigenvalue weighted by atomic mass is 10.1. The second-order valence-corrected chi connectivity index (χ2v) is 7.34. The maximum Gasteiger partial charge on any atom is 0.275 e. The average Bonchev–Trinajstić information content (AvgIpc) is 3.06. The summed E-state index contributed by atoms with van der Waals surface area (Å²) in [7, 11) is 0. The van der Waals surface area contributed by atoms with Crippen LogP contribution in [0.1, 0.15) is 16.4 Å². The van der Waals surface area contributed by atoms with Gasteiger partial charge in [0.05, 0.1) is 23.3 Å². The minimum Gasteiger partial charge on any atom is -0.349 e.